The fourth-order valence-electron chi connectivity index (χ4n) is 2.23. The Labute approximate surface area is 126 Å². The molecule has 0 amide bonds. The van der Waals surface area contributed by atoms with Crippen LogP contribution in [0.4, 0.5) is 0 Å². The summed E-state index contributed by atoms with van der Waals surface area (Å²) < 4.78 is 5.77. The van der Waals surface area contributed by atoms with Crippen LogP contribution in [-0.4, -0.2) is 36.2 Å². The van der Waals surface area contributed by atoms with Gasteiger partial charge < -0.3 is 14.7 Å². The first-order chi connectivity index (χ1) is 10.2. The van der Waals surface area contributed by atoms with Crippen molar-refractivity contribution >= 4 is 0 Å². The van der Waals surface area contributed by atoms with Gasteiger partial charge in [0.05, 0.1) is 0 Å². The SMILES string of the molecule is CCN(CC)CCOc1ccc(-c2ccc(O)cc2)cc1. The molecule has 0 saturated heterocycles. The zero-order chi connectivity index (χ0) is 15.1. The molecule has 0 radical (unpaired) electrons. The van der Waals surface area contributed by atoms with Gasteiger partial charge in [-0.2, -0.15) is 0 Å². The minimum absolute atomic E-state index is 0.287. The van der Waals surface area contributed by atoms with E-state index in [1.54, 1.807) is 12.1 Å². The molecule has 0 aliphatic carbocycles. The van der Waals surface area contributed by atoms with E-state index >= 15 is 0 Å². The molecular weight excluding hydrogens is 262 g/mol. The van der Waals surface area contributed by atoms with Crippen LogP contribution in [0.15, 0.2) is 48.5 Å². The molecule has 0 aliphatic rings. The Balaban J connectivity index is 1.91. The number of ether oxygens (including phenoxy) is 1. The van der Waals surface area contributed by atoms with Crippen LogP contribution in [0.5, 0.6) is 11.5 Å². The number of hydrogen-bond acceptors (Lipinski definition) is 3. The zero-order valence-electron chi connectivity index (χ0n) is 12.7. The molecule has 1 N–H and O–H groups in total. The van der Waals surface area contributed by atoms with Crippen LogP contribution in [0, 0.1) is 0 Å². The molecule has 2 aromatic rings. The number of phenols is 1. The number of aromatic hydroxyl groups is 1. The maximum Gasteiger partial charge on any atom is 0.119 e. The van der Waals surface area contributed by atoms with Crippen molar-refractivity contribution in [1.82, 2.24) is 4.90 Å². The smallest absolute Gasteiger partial charge is 0.119 e. The Hall–Kier alpha value is -2.00. The maximum atomic E-state index is 9.31. The van der Waals surface area contributed by atoms with Crippen LogP contribution in [0.1, 0.15) is 13.8 Å². The lowest BCUT2D eigenvalue weighted by molar-refractivity contribution is 0.223. The van der Waals surface area contributed by atoms with E-state index in [9.17, 15) is 5.11 Å². The van der Waals surface area contributed by atoms with E-state index in [2.05, 4.69) is 18.7 Å². The second-order valence-electron chi connectivity index (χ2n) is 4.95. The second-order valence-corrected chi connectivity index (χ2v) is 4.95. The molecule has 3 nitrogen and oxygen atoms in total. The first-order valence-corrected chi connectivity index (χ1v) is 7.47. The van der Waals surface area contributed by atoms with Crippen LogP contribution >= 0.6 is 0 Å². The van der Waals surface area contributed by atoms with Crippen molar-refractivity contribution in [2.75, 3.05) is 26.2 Å². The van der Waals surface area contributed by atoms with Crippen LogP contribution in [0.2, 0.25) is 0 Å². The quantitative estimate of drug-likeness (QED) is 0.840. The molecule has 2 aromatic carbocycles. The van der Waals surface area contributed by atoms with E-state index in [4.69, 9.17) is 4.74 Å². The first-order valence-electron chi connectivity index (χ1n) is 7.47. The van der Waals surface area contributed by atoms with Gasteiger partial charge in [0.2, 0.25) is 0 Å². The van der Waals surface area contributed by atoms with Crippen LogP contribution in [-0.2, 0) is 0 Å². The van der Waals surface area contributed by atoms with E-state index in [-0.39, 0.29) is 5.75 Å². The number of likely N-dealkylation sites (N-methyl/N-ethyl adjacent to an activating group) is 1. The topological polar surface area (TPSA) is 32.7 Å². The van der Waals surface area contributed by atoms with E-state index in [1.807, 2.05) is 36.4 Å². The van der Waals surface area contributed by atoms with Gasteiger partial charge in [0.1, 0.15) is 18.1 Å². The molecule has 0 spiro atoms. The normalized spacial score (nSPS) is 10.8. The first kappa shape index (κ1) is 15.4. The summed E-state index contributed by atoms with van der Waals surface area (Å²) in [6.45, 7) is 8.10. The monoisotopic (exact) mass is 285 g/mol. The molecular formula is C18H23NO2. The number of hydrogen-bond donors (Lipinski definition) is 1. The highest BCUT2D eigenvalue weighted by molar-refractivity contribution is 5.64. The van der Waals surface area contributed by atoms with Crippen molar-refractivity contribution in [3.05, 3.63) is 48.5 Å². The molecule has 0 bridgehead atoms. The van der Waals surface area contributed by atoms with E-state index in [0.29, 0.717) is 6.61 Å². The molecule has 0 aromatic heterocycles. The molecule has 0 unspecified atom stereocenters. The molecule has 2 rings (SSSR count). The number of phenolic OH excluding ortho intramolecular Hbond substituents is 1. The highest BCUT2D eigenvalue weighted by Crippen LogP contribution is 2.24. The summed E-state index contributed by atoms with van der Waals surface area (Å²) in [5.74, 6) is 1.18. The Kier molecular flexibility index (Phi) is 5.64. The lowest BCUT2D eigenvalue weighted by Crippen LogP contribution is -2.27. The fourth-order valence-corrected chi connectivity index (χ4v) is 2.23. The molecule has 0 heterocycles. The van der Waals surface area contributed by atoms with Crippen molar-refractivity contribution in [2.24, 2.45) is 0 Å². The van der Waals surface area contributed by atoms with Gasteiger partial charge in [-0.05, 0) is 48.5 Å². The van der Waals surface area contributed by atoms with Crippen molar-refractivity contribution < 1.29 is 9.84 Å². The summed E-state index contributed by atoms with van der Waals surface area (Å²) in [7, 11) is 0. The fraction of sp³-hybridized carbons (Fsp3) is 0.333. The summed E-state index contributed by atoms with van der Waals surface area (Å²) in [5, 5.41) is 9.31. The second kappa shape index (κ2) is 7.70. The maximum absolute atomic E-state index is 9.31. The van der Waals surface area contributed by atoms with Crippen LogP contribution < -0.4 is 4.74 Å². The molecule has 0 aliphatic heterocycles. The third-order valence-electron chi connectivity index (χ3n) is 3.63. The third-order valence-corrected chi connectivity index (χ3v) is 3.63. The molecule has 21 heavy (non-hydrogen) atoms. The zero-order valence-corrected chi connectivity index (χ0v) is 12.7. The summed E-state index contributed by atoms with van der Waals surface area (Å²) >= 11 is 0. The summed E-state index contributed by atoms with van der Waals surface area (Å²) in [4.78, 5) is 2.34. The van der Waals surface area contributed by atoms with E-state index < -0.39 is 0 Å². The Morgan fingerprint density at radius 2 is 1.38 bits per heavy atom. The Morgan fingerprint density at radius 3 is 1.90 bits per heavy atom. The lowest BCUT2D eigenvalue weighted by atomic mass is 10.1. The predicted octanol–water partition coefficient (Wildman–Crippen LogP) is 3.78. The standard InChI is InChI=1S/C18H23NO2/c1-3-19(4-2)13-14-21-18-11-7-16(8-12-18)15-5-9-17(20)10-6-15/h5-12,20H,3-4,13-14H2,1-2H3. The number of rotatable bonds is 7. The lowest BCUT2D eigenvalue weighted by Gasteiger charge is -2.18. The van der Waals surface area contributed by atoms with Gasteiger partial charge in [-0.3, -0.25) is 0 Å². The van der Waals surface area contributed by atoms with Gasteiger partial charge in [-0.1, -0.05) is 38.1 Å². The molecule has 112 valence electrons. The molecule has 0 saturated carbocycles. The highest BCUT2D eigenvalue weighted by Gasteiger charge is 2.01. The minimum Gasteiger partial charge on any atom is -0.508 e. The van der Waals surface area contributed by atoms with Crippen molar-refractivity contribution in [2.45, 2.75) is 13.8 Å². The third kappa shape index (κ3) is 4.50. The molecule has 3 heteroatoms. The average molecular weight is 285 g/mol. The van der Waals surface area contributed by atoms with Gasteiger partial charge in [-0.15, -0.1) is 0 Å². The van der Waals surface area contributed by atoms with Crippen molar-refractivity contribution in [1.29, 1.82) is 0 Å². The summed E-state index contributed by atoms with van der Waals surface area (Å²) in [6, 6.07) is 15.3. The largest absolute Gasteiger partial charge is 0.508 e. The van der Waals surface area contributed by atoms with E-state index in [1.165, 1.54) is 0 Å². The van der Waals surface area contributed by atoms with Gasteiger partial charge in [-0.25, -0.2) is 0 Å². The number of nitrogens with zero attached hydrogens (tertiary/aromatic N) is 1. The minimum atomic E-state index is 0.287. The summed E-state index contributed by atoms with van der Waals surface area (Å²) in [6.07, 6.45) is 0. The van der Waals surface area contributed by atoms with Gasteiger partial charge >= 0.3 is 0 Å². The number of benzene rings is 2. The summed E-state index contributed by atoms with van der Waals surface area (Å²) in [5.41, 5.74) is 2.20. The van der Waals surface area contributed by atoms with Crippen molar-refractivity contribution in [3.8, 4) is 22.6 Å². The van der Waals surface area contributed by atoms with E-state index in [0.717, 1.165) is 36.5 Å². The highest BCUT2D eigenvalue weighted by atomic mass is 16.5. The Bertz CT molecular complexity index is 530. The van der Waals surface area contributed by atoms with Gasteiger partial charge in [0.25, 0.3) is 0 Å². The van der Waals surface area contributed by atoms with Gasteiger partial charge in [0, 0.05) is 6.54 Å². The molecule has 0 atom stereocenters. The van der Waals surface area contributed by atoms with Crippen LogP contribution in [0.25, 0.3) is 11.1 Å². The predicted molar refractivity (Wildman–Crippen MR) is 86.8 cm³/mol. The van der Waals surface area contributed by atoms with Crippen LogP contribution in [0.3, 0.4) is 0 Å². The molecule has 0 fully saturated rings. The van der Waals surface area contributed by atoms with Gasteiger partial charge in [0.15, 0.2) is 0 Å². The Morgan fingerprint density at radius 1 is 0.857 bits per heavy atom. The average Bonchev–Trinajstić information content (AvgIpc) is 2.53. The van der Waals surface area contributed by atoms with Crippen molar-refractivity contribution in [3.63, 3.8) is 0 Å².